The summed E-state index contributed by atoms with van der Waals surface area (Å²) in [5, 5.41) is 25.3. The van der Waals surface area contributed by atoms with Crippen LogP contribution >= 0.6 is 0 Å². The molecule has 0 heterocycles. The molecule has 0 radical (unpaired) electrons. The van der Waals surface area contributed by atoms with E-state index in [4.69, 9.17) is 10.2 Å². The predicted molar refractivity (Wildman–Crippen MR) is 18.1 cm³/mol. The molecule has 0 amide bonds. The molecular weight excluding hydrogens is 123 g/mol. The molecule has 0 rings (SSSR count). The number of hydrogen-bond donors (Lipinski definition) is 2. The number of carboxylic acid groups (broad SMARTS) is 1. The molecule has 0 spiro atoms. The van der Waals surface area contributed by atoms with Crippen LogP contribution in [-0.2, 0) is 4.79 Å². The summed E-state index contributed by atoms with van der Waals surface area (Å²) in [4.78, 5) is 9.41. The third-order valence-corrected chi connectivity index (χ3v) is 0.445. The summed E-state index contributed by atoms with van der Waals surface area (Å²) in [6, 6.07) is 0. The van der Waals surface area contributed by atoms with Crippen LogP contribution < -0.4 is 34.7 Å². The largest absolute Gasteiger partial charge is 1.00 e. The Balaban J connectivity index is 0. The summed E-state index contributed by atoms with van der Waals surface area (Å²) >= 11 is 0. The Hall–Kier alpha value is 0.390. The van der Waals surface area contributed by atoms with E-state index in [2.05, 4.69) is 0 Å². The van der Waals surface area contributed by atoms with E-state index in [1.165, 1.54) is 0 Å². The van der Waals surface area contributed by atoms with Gasteiger partial charge in [0.25, 0.3) is 0 Å². The Labute approximate surface area is 68.4 Å². The quantitative estimate of drug-likeness (QED) is 0.363. The number of carboxylic acids is 1. The molecule has 5 heteroatoms. The minimum atomic E-state index is -1.74. The van der Waals surface area contributed by atoms with Gasteiger partial charge in [-0.2, -0.15) is 0 Å². The summed E-state index contributed by atoms with van der Waals surface area (Å²) < 4.78 is 0. The molecule has 0 unspecified atom stereocenters. The normalized spacial score (nSPS) is 11.8. The molecule has 2 N–H and O–H groups in total. The number of carbonyl (C=O) groups is 1. The maximum absolute atomic E-state index is 9.41. The molecule has 0 saturated carbocycles. The van der Waals surface area contributed by atoms with Crippen LogP contribution in [0, 0.1) is 0 Å². The van der Waals surface area contributed by atoms with Crippen molar-refractivity contribution in [2.45, 2.75) is 6.10 Å². The monoisotopic (exact) mass is 128 g/mol. The van der Waals surface area contributed by atoms with Crippen molar-refractivity contribution in [1.29, 1.82) is 0 Å². The van der Waals surface area contributed by atoms with E-state index >= 15 is 0 Å². The van der Waals surface area contributed by atoms with E-state index < -0.39 is 18.7 Å². The number of aliphatic carboxylic acids is 1. The summed E-state index contributed by atoms with van der Waals surface area (Å²) in [5.74, 6) is -1.65. The smallest absolute Gasteiger partial charge is 0.547 e. The Morgan fingerprint density at radius 1 is 1.75 bits per heavy atom. The molecule has 0 saturated heterocycles. The van der Waals surface area contributed by atoms with Crippen molar-refractivity contribution in [3.05, 3.63) is 0 Å². The van der Waals surface area contributed by atoms with Gasteiger partial charge >= 0.3 is 29.6 Å². The van der Waals surface area contributed by atoms with Crippen molar-refractivity contribution in [2.24, 2.45) is 0 Å². The number of carbonyl (C=O) groups excluding carboxylic acids is 1. The van der Waals surface area contributed by atoms with Gasteiger partial charge in [0.05, 0.1) is 12.6 Å². The second kappa shape index (κ2) is 5.53. The zero-order valence-corrected chi connectivity index (χ0v) is 6.50. The number of aliphatic hydroxyl groups excluding tert-OH is 2. The maximum Gasteiger partial charge on any atom is 1.00 e. The molecular formula is C3H5NaO4. The van der Waals surface area contributed by atoms with Gasteiger partial charge in [-0.05, 0) is 0 Å². The Kier molecular flexibility index (Phi) is 7.75. The van der Waals surface area contributed by atoms with Gasteiger partial charge in [0.15, 0.2) is 0 Å². The van der Waals surface area contributed by atoms with Crippen LogP contribution in [0.3, 0.4) is 0 Å². The van der Waals surface area contributed by atoms with Crippen molar-refractivity contribution in [3.8, 4) is 0 Å². The van der Waals surface area contributed by atoms with Gasteiger partial charge in [-0.3, -0.25) is 0 Å². The summed E-state index contributed by atoms with van der Waals surface area (Å²) in [5.41, 5.74) is 0. The molecule has 42 valence electrons. The van der Waals surface area contributed by atoms with Crippen LogP contribution in [0.1, 0.15) is 0 Å². The average molecular weight is 128 g/mol. The second-order valence-electron chi connectivity index (χ2n) is 1.02. The molecule has 0 fully saturated rings. The van der Waals surface area contributed by atoms with Crippen LogP contribution in [0.15, 0.2) is 0 Å². The van der Waals surface area contributed by atoms with Crippen molar-refractivity contribution in [2.75, 3.05) is 6.61 Å². The molecule has 0 aromatic carbocycles. The first-order valence-electron chi connectivity index (χ1n) is 1.68. The van der Waals surface area contributed by atoms with Crippen LogP contribution in [0.5, 0.6) is 0 Å². The van der Waals surface area contributed by atoms with Crippen molar-refractivity contribution in [1.82, 2.24) is 0 Å². The Morgan fingerprint density at radius 2 is 2.12 bits per heavy atom. The minimum absolute atomic E-state index is 0. The van der Waals surface area contributed by atoms with Crippen LogP contribution in [0.25, 0.3) is 0 Å². The van der Waals surface area contributed by atoms with E-state index in [9.17, 15) is 9.90 Å². The third kappa shape index (κ3) is 4.55. The SMILES string of the molecule is O=C([O-])[C@@H](O)CO.[Na+]. The van der Waals surface area contributed by atoms with Crippen molar-refractivity contribution >= 4 is 5.97 Å². The van der Waals surface area contributed by atoms with Gasteiger partial charge < -0.3 is 20.1 Å². The number of hydrogen-bond acceptors (Lipinski definition) is 4. The predicted octanol–water partition coefficient (Wildman–Crippen LogP) is -5.91. The Morgan fingerprint density at radius 3 is 2.12 bits per heavy atom. The van der Waals surface area contributed by atoms with Gasteiger partial charge in [0, 0.05) is 0 Å². The van der Waals surface area contributed by atoms with Crippen molar-refractivity contribution < 1.29 is 49.7 Å². The molecule has 4 nitrogen and oxygen atoms in total. The van der Waals surface area contributed by atoms with Gasteiger partial charge in [0.2, 0.25) is 0 Å². The van der Waals surface area contributed by atoms with Crippen LogP contribution in [-0.4, -0.2) is 28.9 Å². The maximum atomic E-state index is 9.41. The second-order valence-corrected chi connectivity index (χ2v) is 1.02. The first-order valence-corrected chi connectivity index (χ1v) is 1.68. The fourth-order valence-electron chi connectivity index (χ4n) is 0.0745. The molecule has 0 aliphatic carbocycles. The standard InChI is InChI=1S/C3H6O4.Na/c4-1-2(5)3(6)7;/h2,4-5H,1H2,(H,6,7);/q;+1/p-1/t2-;/m0./s1. The summed E-state index contributed by atoms with van der Waals surface area (Å²) in [7, 11) is 0. The van der Waals surface area contributed by atoms with Gasteiger partial charge in [-0.25, -0.2) is 0 Å². The average Bonchev–Trinajstić information content (AvgIpc) is 1.65. The molecule has 0 aromatic heterocycles. The van der Waals surface area contributed by atoms with Gasteiger partial charge in [0.1, 0.15) is 6.10 Å². The molecule has 0 aliphatic rings. The first kappa shape index (κ1) is 11.2. The molecule has 8 heavy (non-hydrogen) atoms. The summed E-state index contributed by atoms with van der Waals surface area (Å²) in [6.45, 7) is -0.789. The molecule has 1 atom stereocenters. The fraction of sp³-hybridized carbons (Fsp3) is 0.667. The number of rotatable bonds is 2. The zero-order chi connectivity index (χ0) is 5.86. The van der Waals surface area contributed by atoms with Crippen LogP contribution in [0.4, 0.5) is 0 Å². The zero-order valence-electron chi connectivity index (χ0n) is 4.50. The van der Waals surface area contributed by atoms with Crippen molar-refractivity contribution in [3.63, 3.8) is 0 Å². The van der Waals surface area contributed by atoms with E-state index in [0.29, 0.717) is 0 Å². The summed E-state index contributed by atoms with van der Waals surface area (Å²) in [6.07, 6.45) is -1.74. The topological polar surface area (TPSA) is 80.6 Å². The molecule has 0 bridgehead atoms. The molecule has 0 aliphatic heterocycles. The number of aliphatic hydroxyl groups is 2. The Bertz CT molecular complexity index is 73.7. The van der Waals surface area contributed by atoms with E-state index in [-0.39, 0.29) is 29.6 Å². The minimum Gasteiger partial charge on any atom is -0.547 e. The van der Waals surface area contributed by atoms with Gasteiger partial charge in [-0.1, -0.05) is 0 Å². The molecule has 0 aromatic rings. The van der Waals surface area contributed by atoms with E-state index in [1.807, 2.05) is 0 Å². The van der Waals surface area contributed by atoms with Gasteiger partial charge in [-0.15, -0.1) is 0 Å². The first-order chi connectivity index (χ1) is 3.18. The fourth-order valence-corrected chi connectivity index (χ4v) is 0.0745. The van der Waals surface area contributed by atoms with Crippen LogP contribution in [0.2, 0.25) is 0 Å². The van der Waals surface area contributed by atoms with E-state index in [1.54, 1.807) is 0 Å². The third-order valence-electron chi connectivity index (χ3n) is 0.445. The van der Waals surface area contributed by atoms with E-state index in [0.717, 1.165) is 0 Å².